The number of benzene rings is 1. The van der Waals surface area contributed by atoms with Gasteiger partial charge in [0.2, 0.25) is 27.7 Å². The Kier molecular flexibility index (Phi) is 8.22. The lowest BCUT2D eigenvalue weighted by molar-refractivity contribution is 0.0595. The van der Waals surface area contributed by atoms with Crippen molar-refractivity contribution in [3.8, 4) is 11.8 Å². The topological polar surface area (TPSA) is 192 Å². The lowest BCUT2D eigenvalue weighted by Crippen LogP contribution is -2.36. The molecule has 1 aromatic heterocycles. The second-order valence-corrected chi connectivity index (χ2v) is 9.96. The molecule has 14 nitrogen and oxygen atoms in total. The number of esters is 1. The Labute approximate surface area is 196 Å². The Hall–Kier alpha value is -3.66. The van der Waals surface area contributed by atoms with Gasteiger partial charge in [0.1, 0.15) is 4.90 Å². The molecule has 2 amide bonds. The summed E-state index contributed by atoms with van der Waals surface area (Å²) in [4.78, 5) is 31.8. The SMILES string of the molecule is CCc1cc(NS(C)(=O)=O)cc(S(=O)(=O)NC(=O)Nc2nc(OC)cc(OC)n2)c1C(=O)OC. The minimum Gasteiger partial charge on any atom is -0.481 e. The Morgan fingerprint density at radius 1 is 0.971 bits per heavy atom. The fourth-order valence-electron chi connectivity index (χ4n) is 2.74. The van der Waals surface area contributed by atoms with E-state index in [0.717, 1.165) is 19.4 Å². The minimum absolute atomic E-state index is 0.0325. The summed E-state index contributed by atoms with van der Waals surface area (Å²) in [7, 11) is -4.83. The van der Waals surface area contributed by atoms with Gasteiger partial charge in [0, 0.05) is 0 Å². The third-order valence-electron chi connectivity index (χ3n) is 4.10. The molecular formula is C18H23N5O9S2. The van der Waals surface area contributed by atoms with Crippen molar-refractivity contribution >= 4 is 43.7 Å². The van der Waals surface area contributed by atoms with Crippen LogP contribution in [0.15, 0.2) is 23.1 Å². The standard InChI is InChI=1S/C18H23N5O9S2/c1-6-10-7-11(22-33(5,26)27)8-12(15(10)16(24)32-4)34(28,29)23-18(25)21-17-19-13(30-2)9-14(20-17)31-3/h7-9,22H,6H2,1-5H3,(H2,19,20,21,23,25). The van der Waals surface area contributed by atoms with Crippen molar-refractivity contribution < 1.29 is 40.6 Å². The van der Waals surface area contributed by atoms with Gasteiger partial charge in [0.25, 0.3) is 10.0 Å². The first-order chi connectivity index (χ1) is 15.8. The lowest BCUT2D eigenvalue weighted by Gasteiger charge is -2.16. The molecular weight excluding hydrogens is 494 g/mol. The van der Waals surface area contributed by atoms with Gasteiger partial charge in [0.15, 0.2) is 0 Å². The molecule has 1 aromatic carbocycles. The molecule has 0 spiro atoms. The Bertz CT molecular complexity index is 1290. The van der Waals surface area contributed by atoms with Gasteiger partial charge in [-0.2, -0.15) is 9.97 Å². The Morgan fingerprint density at radius 3 is 2.03 bits per heavy atom. The summed E-state index contributed by atoms with van der Waals surface area (Å²) < 4.78 is 67.9. The number of sulfonamides is 2. The van der Waals surface area contributed by atoms with Crippen LogP contribution < -0.4 is 24.2 Å². The largest absolute Gasteiger partial charge is 0.481 e. The van der Waals surface area contributed by atoms with E-state index in [1.165, 1.54) is 26.4 Å². The van der Waals surface area contributed by atoms with Gasteiger partial charge in [-0.3, -0.25) is 10.0 Å². The van der Waals surface area contributed by atoms with E-state index in [0.29, 0.717) is 0 Å². The van der Waals surface area contributed by atoms with E-state index in [9.17, 15) is 26.4 Å². The molecule has 0 unspecified atom stereocenters. The summed E-state index contributed by atoms with van der Waals surface area (Å²) in [6, 6.07) is 2.25. The molecule has 16 heteroatoms. The molecule has 0 fully saturated rings. The third kappa shape index (κ3) is 6.67. The highest BCUT2D eigenvalue weighted by molar-refractivity contribution is 7.92. The number of urea groups is 1. The number of nitrogens with zero attached hydrogens (tertiary/aromatic N) is 2. The number of carbonyl (C=O) groups is 2. The second kappa shape index (κ2) is 10.5. The number of hydrogen-bond acceptors (Lipinski definition) is 11. The molecule has 0 saturated carbocycles. The first-order valence-electron chi connectivity index (χ1n) is 9.37. The number of ether oxygens (including phenoxy) is 3. The van der Waals surface area contributed by atoms with Crippen molar-refractivity contribution in [3.05, 3.63) is 29.3 Å². The third-order valence-corrected chi connectivity index (χ3v) is 6.06. The molecule has 0 aliphatic carbocycles. The average molecular weight is 518 g/mol. The molecule has 0 aliphatic rings. The van der Waals surface area contributed by atoms with E-state index in [4.69, 9.17) is 9.47 Å². The molecule has 1 heterocycles. The summed E-state index contributed by atoms with van der Waals surface area (Å²) >= 11 is 0. The molecule has 0 aliphatic heterocycles. The van der Waals surface area contributed by atoms with Gasteiger partial charge in [-0.15, -0.1) is 0 Å². The predicted octanol–water partition coefficient (Wildman–Crippen LogP) is 0.725. The molecule has 0 radical (unpaired) electrons. The van der Waals surface area contributed by atoms with Crippen LogP contribution in [0.25, 0.3) is 0 Å². The van der Waals surface area contributed by atoms with Crippen LogP contribution in [0.2, 0.25) is 0 Å². The van der Waals surface area contributed by atoms with Gasteiger partial charge in [-0.1, -0.05) is 6.92 Å². The monoisotopic (exact) mass is 517 g/mol. The van der Waals surface area contributed by atoms with Gasteiger partial charge >= 0.3 is 12.0 Å². The maximum atomic E-state index is 13.1. The first-order valence-corrected chi connectivity index (χ1v) is 12.7. The van der Waals surface area contributed by atoms with E-state index < -0.39 is 36.9 Å². The summed E-state index contributed by atoms with van der Waals surface area (Å²) in [6.45, 7) is 1.62. The maximum Gasteiger partial charge on any atom is 0.339 e. The van der Waals surface area contributed by atoms with Crippen molar-refractivity contribution in [3.63, 3.8) is 0 Å². The van der Waals surface area contributed by atoms with Crippen molar-refractivity contribution in [2.75, 3.05) is 37.6 Å². The number of rotatable bonds is 9. The summed E-state index contributed by atoms with van der Waals surface area (Å²) in [5.41, 5.74) is -0.320. The number of hydrogen-bond donors (Lipinski definition) is 3. The van der Waals surface area contributed by atoms with Crippen LogP contribution in [0.3, 0.4) is 0 Å². The van der Waals surface area contributed by atoms with Crippen molar-refractivity contribution in [2.24, 2.45) is 0 Å². The molecule has 3 N–H and O–H groups in total. The van der Waals surface area contributed by atoms with Gasteiger partial charge in [-0.25, -0.2) is 31.1 Å². The number of aromatic nitrogens is 2. The fourth-order valence-corrected chi connectivity index (χ4v) is 4.46. The van der Waals surface area contributed by atoms with Crippen LogP contribution in [-0.4, -0.2) is 66.4 Å². The predicted molar refractivity (Wildman–Crippen MR) is 120 cm³/mol. The number of amides is 2. The molecule has 0 saturated heterocycles. The van der Waals surface area contributed by atoms with Crippen LogP contribution in [0.1, 0.15) is 22.8 Å². The molecule has 0 atom stereocenters. The summed E-state index contributed by atoms with van der Waals surface area (Å²) in [5.74, 6) is -1.27. The number of carbonyl (C=O) groups excluding carboxylic acids is 2. The van der Waals surface area contributed by atoms with E-state index in [1.54, 1.807) is 11.6 Å². The van der Waals surface area contributed by atoms with Crippen molar-refractivity contribution in [1.29, 1.82) is 0 Å². The fraction of sp³-hybridized carbons (Fsp3) is 0.333. The number of methoxy groups -OCH3 is 3. The van der Waals surface area contributed by atoms with Crippen LogP contribution >= 0.6 is 0 Å². The van der Waals surface area contributed by atoms with Crippen LogP contribution in [-0.2, 0) is 31.2 Å². The second-order valence-electron chi connectivity index (χ2n) is 6.56. The highest BCUT2D eigenvalue weighted by Gasteiger charge is 2.29. The van der Waals surface area contributed by atoms with Gasteiger partial charge in [-0.05, 0) is 24.1 Å². The van der Waals surface area contributed by atoms with E-state index in [-0.39, 0.29) is 40.9 Å². The number of nitrogens with one attached hydrogen (secondary N) is 3. The lowest BCUT2D eigenvalue weighted by atomic mass is 10.0. The molecule has 2 aromatic rings. The quantitative estimate of drug-likeness (QED) is 0.397. The summed E-state index contributed by atoms with van der Waals surface area (Å²) in [5, 5.41) is 2.12. The normalized spacial score (nSPS) is 11.3. The van der Waals surface area contributed by atoms with Gasteiger partial charge in [0.05, 0.1) is 44.9 Å². The van der Waals surface area contributed by atoms with E-state index >= 15 is 0 Å². The number of aryl methyl sites for hydroxylation is 1. The van der Waals surface area contributed by atoms with Crippen LogP contribution in [0, 0.1) is 0 Å². The maximum absolute atomic E-state index is 13.1. The molecule has 2 rings (SSSR count). The average Bonchev–Trinajstić information content (AvgIpc) is 2.75. The first kappa shape index (κ1) is 26.6. The molecule has 34 heavy (non-hydrogen) atoms. The van der Waals surface area contributed by atoms with Crippen LogP contribution in [0.5, 0.6) is 11.8 Å². The Balaban J connectivity index is 2.50. The summed E-state index contributed by atoms with van der Waals surface area (Å²) in [6.07, 6.45) is 1.02. The zero-order valence-electron chi connectivity index (χ0n) is 18.8. The van der Waals surface area contributed by atoms with E-state index in [1.807, 2.05) is 0 Å². The molecule has 0 bridgehead atoms. The van der Waals surface area contributed by atoms with Crippen LogP contribution in [0.4, 0.5) is 16.4 Å². The van der Waals surface area contributed by atoms with Crippen molar-refractivity contribution in [1.82, 2.24) is 14.7 Å². The molecule has 186 valence electrons. The van der Waals surface area contributed by atoms with Gasteiger partial charge < -0.3 is 14.2 Å². The smallest absolute Gasteiger partial charge is 0.339 e. The minimum atomic E-state index is -4.72. The Morgan fingerprint density at radius 2 is 1.56 bits per heavy atom. The van der Waals surface area contributed by atoms with Crippen molar-refractivity contribution in [2.45, 2.75) is 18.2 Å². The highest BCUT2D eigenvalue weighted by atomic mass is 32.2. The highest BCUT2D eigenvalue weighted by Crippen LogP contribution is 2.27. The number of anilines is 2. The zero-order chi connectivity index (χ0) is 25.7. The van der Waals surface area contributed by atoms with E-state index in [2.05, 4.69) is 24.7 Å². The zero-order valence-corrected chi connectivity index (χ0v) is 20.5.